The Morgan fingerprint density at radius 3 is 2.66 bits per heavy atom. The van der Waals surface area contributed by atoms with E-state index < -0.39 is 0 Å². The van der Waals surface area contributed by atoms with Gasteiger partial charge in [0.15, 0.2) is 10.3 Å². The van der Waals surface area contributed by atoms with E-state index in [2.05, 4.69) is 32.4 Å². The molecule has 5 rings (SSSR count). The predicted molar refractivity (Wildman–Crippen MR) is 151 cm³/mol. The van der Waals surface area contributed by atoms with Crippen LogP contribution in [0.5, 0.6) is 0 Å². The van der Waals surface area contributed by atoms with Crippen LogP contribution in [-0.4, -0.2) is 57.4 Å². The predicted octanol–water partition coefficient (Wildman–Crippen LogP) is 4.97. The number of nitrogens with zero attached hydrogens (tertiary/aromatic N) is 5. The minimum Gasteiger partial charge on any atom is -0.381 e. The second kappa shape index (κ2) is 12.3. The highest BCUT2D eigenvalue weighted by Crippen LogP contribution is 2.35. The fraction of sp³-hybridized carbons (Fsp3) is 0.444. The molecule has 4 heterocycles. The van der Waals surface area contributed by atoms with Crippen LogP contribution in [0, 0.1) is 5.82 Å². The first-order valence-corrected chi connectivity index (χ1v) is 14.2. The zero-order valence-corrected chi connectivity index (χ0v) is 23.0. The molecule has 2 aromatic heterocycles. The van der Waals surface area contributed by atoms with Crippen LogP contribution in [-0.2, 0) is 10.2 Å². The molecule has 2 saturated heterocycles. The van der Waals surface area contributed by atoms with Gasteiger partial charge in [0.05, 0.1) is 0 Å². The fourth-order valence-corrected chi connectivity index (χ4v) is 5.94. The number of halogens is 1. The van der Waals surface area contributed by atoms with Gasteiger partial charge in [-0.15, -0.1) is 0 Å². The Bertz CT molecular complexity index is 1230. The number of ether oxygens (including phenoxy) is 1. The van der Waals surface area contributed by atoms with Gasteiger partial charge < -0.3 is 20.3 Å². The lowest BCUT2D eigenvalue weighted by atomic mass is 9.74. The Kier molecular flexibility index (Phi) is 8.65. The average Bonchev–Trinajstić information content (AvgIpc) is 2.93. The van der Waals surface area contributed by atoms with E-state index in [4.69, 9.17) is 26.9 Å². The number of anilines is 2. The number of thiocarbonyl (C=S) groups is 1. The van der Waals surface area contributed by atoms with Crippen molar-refractivity contribution in [1.82, 2.24) is 25.3 Å². The van der Waals surface area contributed by atoms with Crippen LogP contribution in [0.2, 0.25) is 0 Å². The summed E-state index contributed by atoms with van der Waals surface area (Å²) in [5.41, 5.74) is 0.881. The van der Waals surface area contributed by atoms with Gasteiger partial charge in [0.1, 0.15) is 16.7 Å². The monoisotopic (exact) mass is 553 g/mol. The van der Waals surface area contributed by atoms with E-state index in [0.717, 1.165) is 48.6 Å². The van der Waals surface area contributed by atoms with Crippen molar-refractivity contribution in [3.63, 3.8) is 0 Å². The average molecular weight is 554 g/mol. The van der Waals surface area contributed by atoms with Crippen molar-refractivity contribution in [2.45, 2.75) is 60.7 Å². The van der Waals surface area contributed by atoms with Gasteiger partial charge >= 0.3 is 0 Å². The van der Waals surface area contributed by atoms with Crippen LogP contribution in [0.25, 0.3) is 0 Å². The molecule has 38 heavy (non-hydrogen) atoms. The lowest BCUT2D eigenvalue weighted by molar-refractivity contribution is 0.0515. The lowest BCUT2D eigenvalue weighted by Gasteiger charge is -2.38. The summed E-state index contributed by atoms with van der Waals surface area (Å²) < 4.78 is 19.2. The number of aromatic nitrogens is 4. The Morgan fingerprint density at radius 2 is 1.92 bits per heavy atom. The minimum atomic E-state index is -0.240. The fourth-order valence-electron chi connectivity index (χ4n) is 5.07. The summed E-state index contributed by atoms with van der Waals surface area (Å²) in [5.74, 6) is 1.05. The van der Waals surface area contributed by atoms with Gasteiger partial charge in [-0.2, -0.15) is 4.98 Å². The maximum absolute atomic E-state index is 13.6. The van der Waals surface area contributed by atoms with Gasteiger partial charge in [-0.1, -0.05) is 12.1 Å². The Hall–Kier alpha value is -2.89. The quantitative estimate of drug-likeness (QED) is 0.238. The van der Waals surface area contributed by atoms with E-state index >= 15 is 0 Å². The second-order valence-electron chi connectivity index (χ2n) is 9.77. The smallest absolute Gasteiger partial charge is 0.232 e. The van der Waals surface area contributed by atoms with Gasteiger partial charge in [-0.05, 0) is 86.8 Å². The Labute approximate surface area is 232 Å². The number of benzene rings is 1. The zero-order valence-electron chi connectivity index (χ0n) is 21.4. The number of hydrogen-bond acceptors (Lipinski definition) is 8. The molecule has 0 aliphatic carbocycles. The third kappa shape index (κ3) is 6.57. The van der Waals surface area contributed by atoms with Gasteiger partial charge in [0, 0.05) is 56.2 Å². The Morgan fingerprint density at radius 1 is 1.16 bits per heavy atom. The first-order valence-electron chi connectivity index (χ1n) is 13.0. The second-order valence-corrected chi connectivity index (χ2v) is 11.2. The molecule has 0 radical (unpaired) electrons. The van der Waals surface area contributed by atoms with Gasteiger partial charge in [-0.3, -0.25) is 0 Å². The van der Waals surface area contributed by atoms with Crippen LogP contribution in [0.15, 0.2) is 59.0 Å². The largest absolute Gasteiger partial charge is 0.381 e. The van der Waals surface area contributed by atoms with Gasteiger partial charge in [0.25, 0.3) is 0 Å². The molecule has 0 bridgehead atoms. The summed E-state index contributed by atoms with van der Waals surface area (Å²) in [5, 5.41) is 8.39. The van der Waals surface area contributed by atoms with E-state index in [1.165, 1.54) is 30.3 Å². The Balaban J connectivity index is 1.33. The molecule has 200 valence electrons. The SMILES string of the molecule is CC1CCCCN1c1cc(Sc2ncccn2)nc(NC(=S)NCC2(c3ccc(F)cc3)CCOCC2)n1. The van der Waals surface area contributed by atoms with E-state index in [-0.39, 0.29) is 11.2 Å². The van der Waals surface area contributed by atoms with Crippen LogP contribution in [0.1, 0.15) is 44.6 Å². The molecule has 3 aromatic rings. The minimum absolute atomic E-state index is 0.199. The topological polar surface area (TPSA) is 88.1 Å². The summed E-state index contributed by atoms with van der Waals surface area (Å²) >= 11 is 7.08. The number of nitrogens with one attached hydrogen (secondary N) is 2. The molecule has 2 aliphatic heterocycles. The van der Waals surface area contributed by atoms with Crippen molar-refractivity contribution in [3.05, 3.63) is 60.2 Å². The standard InChI is InChI=1S/C27H32FN7OS2/c1-19-5-2-3-14-35(19)22-17-23(38-26-29-12-4-13-30-26)33-24(32-22)34-25(37)31-18-27(10-15-36-16-11-27)20-6-8-21(28)9-7-20/h4,6-9,12-13,17,19H,2-3,5,10-11,14-16,18H2,1H3,(H2,31,32,33,34,37). The number of hydrogen-bond donors (Lipinski definition) is 2. The molecule has 1 unspecified atom stereocenters. The molecule has 8 nitrogen and oxygen atoms in total. The summed E-state index contributed by atoms with van der Waals surface area (Å²) in [6.07, 6.45) is 8.58. The van der Waals surface area contributed by atoms with Crippen LogP contribution in [0.3, 0.4) is 0 Å². The van der Waals surface area contributed by atoms with Crippen molar-refractivity contribution < 1.29 is 9.13 Å². The van der Waals surface area contributed by atoms with Crippen molar-refractivity contribution in [2.24, 2.45) is 0 Å². The molecular formula is C27H32FN7OS2. The van der Waals surface area contributed by atoms with Crippen LogP contribution in [0.4, 0.5) is 16.2 Å². The third-order valence-corrected chi connectivity index (χ3v) is 8.30. The number of piperidine rings is 1. The highest BCUT2D eigenvalue weighted by Gasteiger charge is 2.34. The first kappa shape index (κ1) is 26.7. The zero-order chi connectivity index (χ0) is 26.4. The summed E-state index contributed by atoms with van der Waals surface area (Å²) in [6.45, 7) is 5.09. The third-order valence-electron chi connectivity index (χ3n) is 7.24. The molecular weight excluding hydrogens is 521 g/mol. The molecule has 11 heteroatoms. The van der Waals surface area contributed by atoms with Crippen molar-refractivity contribution in [3.8, 4) is 0 Å². The molecule has 1 atom stereocenters. The van der Waals surface area contributed by atoms with Crippen molar-refractivity contribution in [2.75, 3.05) is 36.5 Å². The summed E-state index contributed by atoms with van der Waals surface area (Å²) in [4.78, 5) is 20.5. The van der Waals surface area contributed by atoms with Crippen LogP contribution >= 0.6 is 24.0 Å². The maximum Gasteiger partial charge on any atom is 0.232 e. The molecule has 1 aromatic carbocycles. The number of rotatable bonds is 7. The van der Waals surface area contributed by atoms with E-state index in [0.29, 0.717) is 42.0 Å². The van der Waals surface area contributed by atoms with Crippen molar-refractivity contribution in [1.29, 1.82) is 0 Å². The van der Waals surface area contributed by atoms with E-state index in [1.807, 2.05) is 18.2 Å². The summed E-state index contributed by atoms with van der Waals surface area (Å²) in [6, 6.07) is 10.9. The molecule has 2 N–H and O–H groups in total. The highest BCUT2D eigenvalue weighted by atomic mass is 32.2. The van der Waals surface area contributed by atoms with Crippen molar-refractivity contribution >= 4 is 40.9 Å². The maximum atomic E-state index is 13.6. The van der Waals surface area contributed by atoms with Gasteiger partial charge in [-0.25, -0.2) is 19.3 Å². The normalized spacial score (nSPS) is 19.1. The lowest BCUT2D eigenvalue weighted by Crippen LogP contribution is -2.45. The van der Waals surface area contributed by atoms with E-state index in [1.54, 1.807) is 18.5 Å². The summed E-state index contributed by atoms with van der Waals surface area (Å²) in [7, 11) is 0. The molecule has 0 amide bonds. The molecule has 0 saturated carbocycles. The van der Waals surface area contributed by atoms with E-state index in [9.17, 15) is 4.39 Å². The van der Waals surface area contributed by atoms with Gasteiger partial charge in [0.2, 0.25) is 5.95 Å². The molecule has 2 aliphatic rings. The highest BCUT2D eigenvalue weighted by molar-refractivity contribution is 7.99. The first-order chi connectivity index (χ1) is 18.5. The molecule has 0 spiro atoms. The van der Waals surface area contributed by atoms with Crippen LogP contribution < -0.4 is 15.5 Å². The molecule has 2 fully saturated rings.